The van der Waals surface area contributed by atoms with Crippen LogP contribution >= 0.6 is 46.6 Å². The van der Waals surface area contributed by atoms with Crippen LogP contribution in [-0.4, -0.2) is 28.3 Å². The zero-order valence-electron chi connectivity index (χ0n) is 13.6. The maximum Gasteiger partial charge on any atom is 0.285 e. The van der Waals surface area contributed by atoms with Crippen molar-refractivity contribution in [3.05, 3.63) is 68.1 Å². The molecule has 8 heteroatoms. The minimum Gasteiger partial charge on any atom is -0.496 e. The molecule has 26 heavy (non-hydrogen) atoms. The summed E-state index contributed by atoms with van der Waals surface area (Å²) in [6, 6.07) is 14.3. The molecule has 5 nitrogen and oxygen atoms in total. The Bertz CT molecular complexity index is 916. The predicted molar refractivity (Wildman–Crippen MR) is 115 cm³/mol. The van der Waals surface area contributed by atoms with Crippen LogP contribution in [0.2, 0.25) is 0 Å². The number of thioether (sulfide) groups is 1. The van der Waals surface area contributed by atoms with E-state index in [1.54, 1.807) is 37.5 Å². The second-order valence-electron chi connectivity index (χ2n) is 5.22. The van der Waals surface area contributed by atoms with E-state index in [9.17, 15) is 9.59 Å². The second-order valence-corrected chi connectivity index (χ2v) is 8.06. The van der Waals surface area contributed by atoms with Gasteiger partial charge in [-0.15, -0.1) is 0 Å². The first-order valence-electron chi connectivity index (χ1n) is 7.47. The first kappa shape index (κ1) is 18.9. The Labute approximate surface area is 173 Å². The molecule has 1 aliphatic heterocycles. The van der Waals surface area contributed by atoms with Crippen molar-refractivity contribution >= 4 is 68.8 Å². The number of nitrogens with zero attached hydrogens (tertiary/aromatic N) is 1. The summed E-state index contributed by atoms with van der Waals surface area (Å²) in [4.78, 5) is 25.3. The smallest absolute Gasteiger partial charge is 0.285 e. The molecule has 132 valence electrons. The number of carbonyl (C=O) groups excluding carboxylic acids is 2. The fraction of sp³-hybridized carbons (Fsp3) is 0.0556. The van der Waals surface area contributed by atoms with Gasteiger partial charge in [0.25, 0.3) is 11.8 Å². The molecule has 0 unspecified atom stereocenters. The average Bonchev–Trinajstić information content (AvgIpc) is 2.90. The zero-order valence-corrected chi connectivity index (χ0v) is 17.4. The molecule has 0 saturated carbocycles. The van der Waals surface area contributed by atoms with Gasteiger partial charge in [-0.1, -0.05) is 36.0 Å². The van der Waals surface area contributed by atoms with E-state index in [0.29, 0.717) is 10.5 Å². The van der Waals surface area contributed by atoms with Crippen LogP contribution in [0.15, 0.2) is 53.4 Å². The largest absolute Gasteiger partial charge is 0.496 e. The topological polar surface area (TPSA) is 58.6 Å². The van der Waals surface area contributed by atoms with Crippen molar-refractivity contribution in [3.63, 3.8) is 0 Å². The number of carbonyl (C=O) groups is 2. The van der Waals surface area contributed by atoms with Crippen molar-refractivity contribution < 1.29 is 14.3 Å². The molecule has 0 atom stereocenters. The molecule has 0 aromatic heterocycles. The van der Waals surface area contributed by atoms with Gasteiger partial charge in [-0.25, -0.2) is 0 Å². The van der Waals surface area contributed by atoms with Gasteiger partial charge in [0.2, 0.25) is 0 Å². The number of thiocarbonyl (C=S) groups is 1. The third-order valence-corrected chi connectivity index (χ3v) is 5.66. The molecular weight excluding hydrogens is 483 g/mol. The van der Waals surface area contributed by atoms with E-state index in [1.165, 1.54) is 0 Å². The highest BCUT2D eigenvalue weighted by atomic mass is 127. The van der Waals surface area contributed by atoms with Crippen LogP contribution in [0.1, 0.15) is 15.9 Å². The fourth-order valence-corrected chi connectivity index (χ4v) is 4.18. The Morgan fingerprint density at radius 3 is 2.65 bits per heavy atom. The Morgan fingerprint density at radius 1 is 1.27 bits per heavy atom. The summed E-state index contributed by atoms with van der Waals surface area (Å²) in [5, 5.41) is 1.11. The fourth-order valence-electron chi connectivity index (χ4n) is 2.24. The van der Waals surface area contributed by atoms with Crippen molar-refractivity contribution in [2.45, 2.75) is 0 Å². The number of ether oxygens (including phenoxy) is 1. The van der Waals surface area contributed by atoms with Crippen molar-refractivity contribution in [2.24, 2.45) is 0 Å². The van der Waals surface area contributed by atoms with Gasteiger partial charge in [0.15, 0.2) is 4.32 Å². The highest BCUT2D eigenvalue weighted by Gasteiger charge is 2.33. The highest BCUT2D eigenvalue weighted by molar-refractivity contribution is 14.1. The van der Waals surface area contributed by atoms with Crippen molar-refractivity contribution in [1.82, 2.24) is 10.4 Å². The van der Waals surface area contributed by atoms with Gasteiger partial charge in [-0.2, -0.15) is 5.01 Å². The second kappa shape index (κ2) is 8.19. The molecule has 1 saturated heterocycles. The molecule has 1 N–H and O–H groups in total. The lowest BCUT2D eigenvalue weighted by molar-refractivity contribution is -0.123. The number of rotatable bonds is 4. The third-order valence-electron chi connectivity index (χ3n) is 3.52. The van der Waals surface area contributed by atoms with Crippen LogP contribution in [0.5, 0.6) is 5.75 Å². The molecular formula is C18H13IN2O3S2. The molecule has 1 heterocycles. The first-order valence-corrected chi connectivity index (χ1v) is 9.77. The number of hydrogen-bond acceptors (Lipinski definition) is 5. The third kappa shape index (κ3) is 4.08. The Kier molecular flexibility index (Phi) is 5.94. The van der Waals surface area contributed by atoms with Crippen LogP contribution in [0.3, 0.4) is 0 Å². The molecule has 2 aromatic rings. The van der Waals surface area contributed by atoms with Crippen molar-refractivity contribution in [1.29, 1.82) is 0 Å². The number of benzene rings is 2. The SMILES string of the molecule is COc1ccc(/C=C2\SC(=S)N(NC(=O)c3ccccc3)C2=O)cc1I. The number of methoxy groups -OCH3 is 1. The molecule has 0 aliphatic carbocycles. The van der Waals surface area contributed by atoms with E-state index >= 15 is 0 Å². The van der Waals surface area contributed by atoms with Gasteiger partial charge >= 0.3 is 0 Å². The Balaban J connectivity index is 1.78. The average molecular weight is 496 g/mol. The maximum absolute atomic E-state index is 12.6. The normalized spacial score (nSPS) is 15.5. The lowest BCUT2D eigenvalue weighted by Gasteiger charge is -2.15. The first-order chi connectivity index (χ1) is 12.5. The van der Waals surface area contributed by atoms with Gasteiger partial charge < -0.3 is 4.74 Å². The van der Waals surface area contributed by atoms with Gasteiger partial charge in [0, 0.05) is 5.56 Å². The minimum absolute atomic E-state index is 0.286. The molecule has 1 aliphatic rings. The van der Waals surface area contributed by atoms with Crippen LogP contribution in [-0.2, 0) is 4.79 Å². The summed E-state index contributed by atoms with van der Waals surface area (Å²) < 4.78 is 6.46. The lowest BCUT2D eigenvalue weighted by atomic mass is 10.2. The van der Waals surface area contributed by atoms with Crippen molar-refractivity contribution in [3.8, 4) is 5.75 Å². The maximum atomic E-state index is 12.6. The molecule has 2 amide bonds. The van der Waals surface area contributed by atoms with E-state index in [-0.39, 0.29) is 16.1 Å². The van der Waals surface area contributed by atoms with Crippen molar-refractivity contribution in [2.75, 3.05) is 7.11 Å². The van der Waals surface area contributed by atoms with Crippen LogP contribution in [0.4, 0.5) is 0 Å². The molecule has 3 rings (SSSR count). The van der Waals surface area contributed by atoms with Crippen LogP contribution in [0.25, 0.3) is 6.08 Å². The summed E-state index contributed by atoms with van der Waals surface area (Å²) in [7, 11) is 1.61. The number of hydrazine groups is 1. The molecule has 0 spiro atoms. The van der Waals surface area contributed by atoms with Gasteiger partial charge in [-0.05, 0) is 70.7 Å². The summed E-state index contributed by atoms with van der Waals surface area (Å²) in [5.74, 6) is 0.0303. The van der Waals surface area contributed by atoms with Gasteiger partial charge in [0.1, 0.15) is 5.75 Å². The molecule has 0 radical (unpaired) electrons. The van der Waals surface area contributed by atoms with E-state index in [1.807, 2.05) is 24.3 Å². The van der Waals surface area contributed by atoms with E-state index < -0.39 is 0 Å². The highest BCUT2D eigenvalue weighted by Crippen LogP contribution is 2.32. The molecule has 0 bridgehead atoms. The predicted octanol–water partition coefficient (Wildman–Crippen LogP) is 3.85. The van der Waals surface area contributed by atoms with Crippen LogP contribution < -0.4 is 10.2 Å². The number of hydrogen-bond donors (Lipinski definition) is 1. The Morgan fingerprint density at radius 2 is 2.00 bits per heavy atom. The molecule has 2 aromatic carbocycles. The van der Waals surface area contributed by atoms with Gasteiger partial charge in [0.05, 0.1) is 15.6 Å². The zero-order chi connectivity index (χ0) is 18.7. The van der Waals surface area contributed by atoms with E-state index in [4.69, 9.17) is 17.0 Å². The van der Waals surface area contributed by atoms with Gasteiger partial charge in [-0.3, -0.25) is 15.0 Å². The minimum atomic E-state index is -0.387. The standard InChI is InChI=1S/C18H13IN2O3S2/c1-24-14-8-7-11(9-13(14)19)10-15-17(23)21(18(25)26-15)20-16(22)12-5-3-2-4-6-12/h2-10H,1H3,(H,20,22)/b15-10-. The summed E-state index contributed by atoms with van der Waals surface area (Å²) in [5.41, 5.74) is 3.87. The monoisotopic (exact) mass is 496 g/mol. The number of nitrogens with one attached hydrogen (secondary N) is 1. The van der Waals surface area contributed by atoms with E-state index in [0.717, 1.165) is 31.7 Å². The summed E-state index contributed by atoms with van der Waals surface area (Å²) in [6.07, 6.45) is 1.75. The summed E-state index contributed by atoms with van der Waals surface area (Å²) >= 11 is 8.55. The number of halogens is 1. The van der Waals surface area contributed by atoms with E-state index in [2.05, 4.69) is 28.0 Å². The van der Waals surface area contributed by atoms with Crippen LogP contribution in [0, 0.1) is 3.57 Å². The lowest BCUT2D eigenvalue weighted by Crippen LogP contribution is -2.44. The molecule has 1 fully saturated rings. The quantitative estimate of drug-likeness (QED) is 0.396. The summed E-state index contributed by atoms with van der Waals surface area (Å²) in [6.45, 7) is 0. The number of amides is 2. The Hall–Kier alpha value is -1.91.